The molecule has 2 nitrogen and oxygen atoms in total. The van der Waals surface area contributed by atoms with Gasteiger partial charge in [-0.1, -0.05) is 29.8 Å². The van der Waals surface area contributed by atoms with E-state index in [-0.39, 0.29) is 0 Å². The molecule has 1 atom stereocenters. The second kappa shape index (κ2) is 6.31. The molecular weight excluding hydrogens is 220 g/mol. The van der Waals surface area contributed by atoms with Crippen molar-refractivity contribution in [3.63, 3.8) is 0 Å². The Morgan fingerprint density at radius 2 is 1.72 bits per heavy atom. The number of nitrogens with zero attached hydrogens (tertiary/aromatic N) is 1. The number of benzene rings is 1. The number of aryl methyl sites for hydroxylation is 1. The van der Waals surface area contributed by atoms with E-state index in [1.165, 1.54) is 16.7 Å². The van der Waals surface area contributed by atoms with Gasteiger partial charge in [0.15, 0.2) is 0 Å². The minimum absolute atomic E-state index is 0.396. The normalized spacial score (nSPS) is 12.3. The first-order chi connectivity index (χ1) is 8.75. The number of pyridine rings is 1. The summed E-state index contributed by atoms with van der Waals surface area (Å²) in [6.07, 6.45) is 4.73. The molecule has 0 fully saturated rings. The van der Waals surface area contributed by atoms with Crippen molar-refractivity contribution in [2.45, 2.75) is 26.3 Å². The molecule has 2 rings (SSSR count). The van der Waals surface area contributed by atoms with Crippen molar-refractivity contribution in [2.75, 3.05) is 6.54 Å². The van der Waals surface area contributed by atoms with Crippen LogP contribution in [0.4, 0.5) is 0 Å². The van der Waals surface area contributed by atoms with Crippen molar-refractivity contribution in [3.8, 4) is 0 Å². The monoisotopic (exact) mass is 240 g/mol. The summed E-state index contributed by atoms with van der Waals surface area (Å²) in [5.74, 6) is 0. The predicted molar refractivity (Wildman–Crippen MR) is 75.5 cm³/mol. The first-order valence-electron chi connectivity index (χ1n) is 6.44. The van der Waals surface area contributed by atoms with E-state index in [1.54, 1.807) is 0 Å². The topological polar surface area (TPSA) is 24.9 Å². The fourth-order valence-electron chi connectivity index (χ4n) is 1.96. The van der Waals surface area contributed by atoms with Crippen LogP contribution in [0.15, 0.2) is 48.8 Å². The van der Waals surface area contributed by atoms with Gasteiger partial charge in [-0.05, 0) is 50.1 Å². The molecule has 0 saturated heterocycles. The van der Waals surface area contributed by atoms with Crippen LogP contribution >= 0.6 is 0 Å². The van der Waals surface area contributed by atoms with E-state index in [1.807, 2.05) is 12.4 Å². The number of nitrogens with one attached hydrogen (secondary N) is 1. The third-order valence-corrected chi connectivity index (χ3v) is 3.19. The average Bonchev–Trinajstić information content (AvgIpc) is 2.40. The van der Waals surface area contributed by atoms with E-state index in [2.05, 4.69) is 60.5 Å². The van der Waals surface area contributed by atoms with E-state index >= 15 is 0 Å². The molecule has 0 unspecified atom stereocenters. The molecule has 0 radical (unpaired) electrons. The van der Waals surface area contributed by atoms with Gasteiger partial charge in [-0.3, -0.25) is 4.98 Å². The summed E-state index contributed by atoms with van der Waals surface area (Å²) < 4.78 is 0. The molecule has 2 heteroatoms. The molecule has 0 spiro atoms. The molecule has 0 aliphatic heterocycles. The molecule has 0 aliphatic carbocycles. The average molecular weight is 240 g/mol. The van der Waals surface area contributed by atoms with Gasteiger partial charge < -0.3 is 5.32 Å². The van der Waals surface area contributed by atoms with Crippen LogP contribution in [-0.4, -0.2) is 11.5 Å². The lowest BCUT2D eigenvalue weighted by Crippen LogP contribution is -2.21. The summed E-state index contributed by atoms with van der Waals surface area (Å²) in [5.41, 5.74) is 3.98. The Kier molecular flexibility index (Phi) is 4.48. The van der Waals surface area contributed by atoms with Crippen molar-refractivity contribution >= 4 is 0 Å². The van der Waals surface area contributed by atoms with Gasteiger partial charge >= 0.3 is 0 Å². The Labute approximate surface area is 109 Å². The Bertz CT molecular complexity index is 462. The highest BCUT2D eigenvalue weighted by Gasteiger charge is 2.03. The zero-order chi connectivity index (χ0) is 12.8. The molecule has 0 bridgehead atoms. The zero-order valence-corrected chi connectivity index (χ0v) is 11.1. The van der Waals surface area contributed by atoms with Crippen molar-refractivity contribution in [1.29, 1.82) is 0 Å². The first-order valence-corrected chi connectivity index (χ1v) is 6.44. The molecule has 1 heterocycles. The number of rotatable bonds is 5. The molecule has 1 aromatic carbocycles. The molecule has 0 aliphatic rings. The van der Waals surface area contributed by atoms with E-state index in [9.17, 15) is 0 Å². The minimum Gasteiger partial charge on any atom is -0.310 e. The summed E-state index contributed by atoms with van der Waals surface area (Å²) in [4.78, 5) is 4.02. The molecule has 0 saturated carbocycles. The van der Waals surface area contributed by atoms with E-state index < -0.39 is 0 Å². The fraction of sp³-hybridized carbons (Fsp3) is 0.312. The van der Waals surface area contributed by atoms with Crippen LogP contribution in [0.2, 0.25) is 0 Å². The standard InChI is InChI=1S/C16H20N2/c1-13-3-5-16(6-4-13)14(2)18-12-9-15-7-10-17-11-8-15/h3-8,10-11,14,18H,9,12H2,1-2H3/t14-/m0/s1. The van der Waals surface area contributed by atoms with Crippen molar-refractivity contribution in [3.05, 3.63) is 65.5 Å². The Morgan fingerprint density at radius 3 is 2.39 bits per heavy atom. The zero-order valence-electron chi connectivity index (χ0n) is 11.1. The van der Waals surface area contributed by atoms with Crippen LogP contribution in [0, 0.1) is 6.92 Å². The predicted octanol–water partition coefficient (Wildman–Crippen LogP) is 3.28. The van der Waals surface area contributed by atoms with Crippen molar-refractivity contribution in [2.24, 2.45) is 0 Å². The van der Waals surface area contributed by atoms with Gasteiger partial charge in [-0.2, -0.15) is 0 Å². The van der Waals surface area contributed by atoms with E-state index in [4.69, 9.17) is 0 Å². The SMILES string of the molecule is Cc1ccc([C@H](C)NCCc2ccncc2)cc1. The highest BCUT2D eigenvalue weighted by Crippen LogP contribution is 2.12. The molecular formula is C16H20N2. The maximum atomic E-state index is 4.02. The lowest BCUT2D eigenvalue weighted by atomic mass is 10.1. The van der Waals surface area contributed by atoms with Gasteiger partial charge in [0.05, 0.1) is 0 Å². The van der Waals surface area contributed by atoms with Crippen LogP contribution in [0.5, 0.6) is 0 Å². The molecule has 18 heavy (non-hydrogen) atoms. The van der Waals surface area contributed by atoms with Gasteiger partial charge in [0.25, 0.3) is 0 Å². The van der Waals surface area contributed by atoms with Gasteiger partial charge in [-0.15, -0.1) is 0 Å². The maximum Gasteiger partial charge on any atom is 0.0291 e. The van der Waals surface area contributed by atoms with Crippen LogP contribution in [-0.2, 0) is 6.42 Å². The highest BCUT2D eigenvalue weighted by atomic mass is 14.9. The van der Waals surface area contributed by atoms with Crippen LogP contribution < -0.4 is 5.32 Å². The summed E-state index contributed by atoms with van der Waals surface area (Å²) in [7, 11) is 0. The first kappa shape index (κ1) is 12.8. The molecule has 1 N–H and O–H groups in total. The van der Waals surface area contributed by atoms with E-state index in [0.717, 1.165) is 13.0 Å². The van der Waals surface area contributed by atoms with Crippen LogP contribution in [0.25, 0.3) is 0 Å². The summed E-state index contributed by atoms with van der Waals surface area (Å²) in [5, 5.41) is 3.55. The Morgan fingerprint density at radius 1 is 1.06 bits per heavy atom. The quantitative estimate of drug-likeness (QED) is 0.867. The lowest BCUT2D eigenvalue weighted by molar-refractivity contribution is 0.576. The third-order valence-electron chi connectivity index (χ3n) is 3.19. The summed E-state index contributed by atoms with van der Waals surface area (Å²) in [6, 6.07) is 13.2. The smallest absolute Gasteiger partial charge is 0.0291 e. The summed E-state index contributed by atoms with van der Waals surface area (Å²) in [6.45, 7) is 5.31. The molecule has 94 valence electrons. The highest BCUT2D eigenvalue weighted by molar-refractivity contribution is 5.23. The lowest BCUT2D eigenvalue weighted by Gasteiger charge is -2.14. The van der Waals surface area contributed by atoms with Gasteiger partial charge in [-0.25, -0.2) is 0 Å². The van der Waals surface area contributed by atoms with Crippen molar-refractivity contribution < 1.29 is 0 Å². The molecule has 0 amide bonds. The molecule has 2 aromatic rings. The van der Waals surface area contributed by atoms with Gasteiger partial charge in [0, 0.05) is 18.4 Å². The van der Waals surface area contributed by atoms with Gasteiger partial charge in [0.2, 0.25) is 0 Å². The molecule has 1 aromatic heterocycles. The van der Waals surface area contributed by atoms with Gasteiger partial charge in [0.1, 0.15) is 0 Å². The number of aromatic nitrogens is 1. The number of hydrogen-bond acceptors (Lipinski definition) is 2. The minimum atomic E-state index is 0.396. The third kappa shape index (κ3) is 3.67. The Hall–Kier alpha value is -1.67. The maximum absolute atomic E-state index is 4.02. The van der Waals surface area contributed by atoms with Crippen LogP contribution in [0.3, 0.4) is 0 Å². The van der Waals surface area contributed by atoms with E-state index in [0.29, 0.717) is 6.04 Å². The van der Waals surface area contributed by atoms with Crippen LogP contribution in [0.1, 0.15) is 29.7 Å². The summed E-state index contributed by atoms with van der Waals surface area (Å²) >= 11 is 0. The second-order valence-electron chi connectivity index (χ2n) is 4.69. The number of hydrogen-bond donors (Lipinski definition) is 1. The van der Waals surface area contributed by atoms with Crippen molar-refractivity contribution in [1.82, 2.24) is 10.3 Å². The largest absolute Gasteiger partial charge is 0.310 e. The Balaban J connectivity index is 1.81. The fourth-order valence-corrected chi connectivity index (χ4v) is 1.96. The second-order valence-corrected chi connectivity index (χ2v) is 4.69.